The number of carboxylic acids is 1. The van der Waals surface area contributed by atoms with Gasteiger partial charge in [-0.15, -0.1) is 11.3 Å². The number of hydrogen-bond acceptors (Lipinski definition) is 6. The third-order valence-electron chi connectivity index (χ3n) is 4.24. The van der Waals surface area contributed by atoms with Crippen LogP contribution in [0.15, 0.2) is 41.5 Å². The predicted molar refractivity (Wildman–Crippen MR) is 106 cm³/mol. The number of halogens is 3. The van der Waals surface area contributed by atoms with Crippen molar-refractivity contribution in [3.8, 4) is 11.3 Å². The molecule has 0 bridgehead atoms. The van der Waals surface area contributed by atoms with Crippen LogP contribution in [0.1, 0.15) is 43.1 Å². The maximum absolute atomic E-state index is 12.8. The second-order valence-electron chi connectivity index (χ2n) is 6.27. The van der Waals surface area contributed by atoms with Crippen LogP contribution < -0.4 is 5.43 Å². The van der Waals surface area contributed by atoms with Crippen LogP contribution in [0.4, 0.5) is 13.2 Å². The van der Waals surface area contributed by atoms with Crippen molar-refractivity contribution in [3.05, 3.63) is 63.0 Å². The van der Waals surface area contributed by atoms with Crippen molar-refractivity contribution >= 4 is 28.9 Å². The van der Waals surface area contributed by atoms with E-state index in [9.17, 15) is 27.9 Å². The van der Waals surface area contributed by atoms with Gasteiger partial charge in [0.05, 0.1) is 34.1 Å². The minimum atomic E-state index is -4.47. The Labute approximate surface area is 177 Å². The summed E-state index contributed by atoms with van der Waals surface area (Å²) in [4.78, 5) is 23.2. The molecule has 8 nitrogen and oxygen atoms in total. The molecule has 0 spiro atoms. The zero-order valence-corrected chi connectivity index (χ0v) is 16.6. The van der Waals surface area contributed by atoms with E-state index < -0.39 is 30.2 Å². The lowest BCUT2D eigenvalue weighted by molar-refractivity contribution is -0.137. The van der Waals surface area contributed by atoms with Gasteiger partial charge in [0.15, 0.2) is 0 Å². The molecule has 1 amide bonds. The van der Waals surface area contributed by atoms with Gasteiger partial charge in [-0.3, -0.25) is 9.89 Å². The number of aliphatic hydroxyl groups excluding tert-OH is 1. The number of hydrogen-bond donors (Lipinski definition) is 4. The smallest absolute Gasteiger partial charge is 0.416 e. The van der Waals surface area contributed by atoms with E-state index in [2.05, 4.69) is 20.7 Å². The standard InChI is InChI=1S/C19H15F3N4O4S/c1-9(23-26-17(28)13-6-7-14(31-13)18(29)30)15-12(8-27)16(25-24-15)10-2-4-11(5-3-10)19(20,21)22/h2-7,27H,8H2,1H3,(H,24,25)(H,26,28)(H,29,30). The van der Waals surface area contributed by atoms with Gasteiger partial charge >= 0.3 is 12.1 Å². The lowest BCUT2D eigenvalue weighted by Gasteiger charge is -2.07. The number of alkyl halides is 3. The van der Waals surface area contributed by atoms with Crippen LogP contribution in [0.5, 0.6) is 0 Å². The minimum Gasteiger partial charge on any atom is -0.477 e. The van der Waals surface area contributed by atoms with Crippen LogP contribution in [0, 0.1) is 0 Å². The normalized spacial score (nSPS) is 12.1. The number of benzene rings is 1. The molecular weight excluding hydrogens is 437 g/mol. The molecule has 0 saturated heterocycles. The molecule has 0 aliphatic heterocycles. The molecule has 0 saturated carbocycles. The Morgan fingerprint density at radius 2 is 1.81 bits per heavy atom. The third-order valence-corrected chi connectivity index (χ3v) is 5.31. The number of nitrogens with zero attached hydrogens (tertiary/aromatic N) is 2. The zero-order chi connectivity index (χ0) is 22.8. The van der Waals surface area contributed by atoms with Crippen molar-refractivity contribution in [3.63, 3.8) is 0 Å². The number of nitrogens with one attached hydrogen (secondary N) is 2. The molecule has 0 aliphatic rings. The van der Waals surface area contributed by atoms with Crippen LogP contribution in [0.2, 0.25) is 0 Å². The summed E-state index contributed by atoms with van der Waals surface area (Å²) in [7, 11) is 0. The average molecular weight is 452 g/mol. The number of carbonyl (C=O) groups excluding carboxylic acids is 1. The van der Waals surface area contributed by atoms with Crippen molar-refractivity contribution in [1.29, 1.82) is 0 Å². The van der Waals surface area contributed by atoms with Crippen LogP contribution in [-0.4, -0.2) is 38.0 Å². The highest BCUT2D eigenvalue weighted by Crippen LogP contribution is 2.32. The second-order valence-corrected chi connectivity index (χ2v) is 7.35. The zero-order valence-electron chi connectivity index (χ0n) is 15.8. The van der Waals surface area contributed by atoms with Crippen molar-refractivity contribution in [2.24, 2.45) is 5.10 Å². The van der Waals surface area contributed by atoms with Crippen molar-refractivity contribution in [1.82, 2.24) is 15.6 Å². The molecule has 0 atom stereocenters. The molecule has 162 valence electrons. The first kappa shape index (κ1) is 22.2. The average Bonchev–Trinajstić information content (AvgIpc) is 3.38. The molecule has 0 unspecified atom stereocenters. The van der Waals surface area contributed by atoms with Crippen LogP contribution >= 0.6 is 11.3 Å². The quantitative estimate of drug-likeness (QED) is 0.336. The molecule has 4 N–H and O–H groups in total. The fourth-order valence-electron chi connectivity index (χ4n) is 2.69. The molecule has 0 radical (unpaired) electrons. The summed E-state index contributed by atoms with van der Waals surface area (Å²) in [5, 5.41) is 29.3. The summed E-state index contributed by atoms with van der Waals surface area (Å²) < 4.78 is 38.3. The Morgan fingerprint density at radius 3 is 2.35 bits per heavy atom. The summed E-state index contributed by atoms with van der Waals surface area (Å²) >= 11 is 0.787. The Hall–Kier alpha value is -3.51. The van der Waals surface area contributed by atoms with Gasteiger partial charge in [0.1, 0.15) is 4.88 Å². The van der Waals surface area contributed by atoms with E-state index in [1.165, 1.54) is 31.2 Å². The number of H-pyrrole nitrogens is 1. The number of aromatic amines is 1. The molecule has 0 fully saturated rings. The molecule has 3 aromatic rings. The van der Waals surface area contributed by atoms with E-state index in [1.807, 2.05) is 0 Å². The van der Waals surface area contributed by atoms with Gasteiger partial charge in [-0.1, -0.05) is 12.1 Å². The Bertz CT molecular complexity index is 1150. The fourth-order valence-corrected chi connectivity index (χ4v) is 3.43. The molecule has 3 rings (SSSR count). The number of thiophene rings is 1. The van der Waals surface area contributed by atoms with Gasteiger partial charge < -0.3 is 10.2 Å². The third kappa shape index (κ3) is 4.81. The number of amides is 1. The Morgan fingerprint density at radius 1 is 1.16 bits per heavy atom. The first-order valence-corrected chi connectivity index (χ1v) is 9.47. The van der Waals surface area contributed by atoms with Crippen molar-refractivity contribution in [2.75, 3.05) is 0 Å². The summed E-state index contributed by atoms with van der Waals surface area (Å²) in [5.41, 5.74) is 2.91. The van der Waals surface area contributed by atoms with E-state index in [4.69, 9.17) is 5.11 Å². The van der Waals surface area contributed by atoms with E-state index in [1.54, 1.807) is 0 Å². The number of carbonyl (C=O) groups is 2. The molecule has 2 heterocycles. The number of aromatic carboxylic acids is 1. The molecule has 12 heteroatoms. The van der Waals surface area contributed by atoms with Crippen molar-refractivity contribution in [2.45, 2.75) is 19.7 Å². The van der Waals surface area contributed by atoms with Gasteiger partial charge in [-0.05, 0) is 31.2 Å². The SMILES string of the molecule is CC(=NNC(=O)c1ccc(C(=O)O)s1)c1[nH]nc(-c2ccc(C(F)(F)F)cc2)c1CO. The minimum absolute atomic E-state index is 0.00293. The Balaban J connectivity index is 1.81. The summed E-state index contributed by atoms with van der Waals surface area (Å²) in [5.74, 6) is -1.77. The highest BCUT2D eigenvalue weighted by Gasteiger charge is 2.30. The number of rotatable bonds is 6. The highest BCUT2D eigenvalue weighted by atomic mass is 32.1. The van der Waals surface area contributed by atoms with Crippen LogP contribution in [-0.2, 0) is 12.8 Å². The van der Waals surface area contributed by atoms with E-state index >= 15 is 0 Å². The fraction of sp³-hybridized carbons (Fsp3) is 0.158. The first-order valence-electron chi connectivity index (χ1n) is 8.65. The maximum Gasteiger partial charge on any atom is 0.416 e. The number of aliphatic hydroxyl groups is 1. The monoisotopic (exact) mass is 452 g/mol. The van der Waals surface area contributed by atoms with Gasteiger partial charge in [-0.25, -0.2) is 10.2 Å². The largest absolute Gasteiger partial charge is 0.477 e. The van der Waals surface area contributed by atoms with Crippen LogP contribution in [0.3, 0.4) is 0 Å². The summed E-state index contributed by atoms with van der Waals surface area (Å²) in [6.45, 7) is 1.05. The van der Waals surface area contributed by atoms with Gasteiger partial charge in [0, 0.05) is 11.1 Å². The molecule has 1 aromatic carbocycles. The number of aromatic nitrogens is 2. The molecule has 31 heavy (non-hydrogen) atoms. The Kier molecular flexibility index (Phi) is 6.22. The van der Waals surface area contributed by atoms with Gasteiger partial charge in [0.2, 0.25) is 0 Å². The highest BCUT2D eigenvalue weighted by molar-refractivity contribution is 7.15. The van der Waals surface area contributed by atoms with Gasteiger partial charge in [-0.2, -0.15) is 23.4 Å². The number of carboxylic acid groups (broad SMARTS) is 1. The lowest BCUT2D eigenvalue weighted by atomic mass is 10.0. The molecular formula is C19H15F3N4O4S. The molecule has 2 aromatic heterocycles. The molecule has 0 aliphatic carbocycles. The predicted octanol–water partition coefficient (Wildman–Crippen LogP) is 3.50. The van der Waals surface area contributed by atoms with Gasteiger partial charge in [0.25, 0.3) is 5.91 Å². The number of hydrazone groups is 1. The summed E-state index contributed by atoms with van der Waals surface area (Å²) in [6.07, 6.45) is -4.47. The first-order chi connectivity index (χ1) is 14.6. The van der Waals surface area contributed by atoms with Crippen molar-refractivity contribution < 1.29 is 33.0 Å². The second kappa shape index (κ2) is 8.70. The van der Waals surface area contributed by atoms with Crippen LogP contribution in [0.25, 0.3) is 11.3 Å². The van der Waals surface area contributed by atoms with E-state index in [-0.39, 0.29) is 26.9 Å². The van der Waals surface area contributed by atoms with E-state index in [0.29, 0.717) is 11.1 Å². The topological polar surface area (TPSA) is 128 Å². The maximum atomic E-state index is 12.8. The lowest BCUT2D eigenvalue weighted by Crippen LogP contribution is -2.18. The summed E-state index contributed by atoms with van der Waals surface area (Å²) in [6, 6.07) is 6.97. The van der Waals surface area contributed by atoms with E-state index in [0.717, 1.165) is 23.5 Å².